The average Bonchev–Trinajstić information content (AvgIpc) is 3.10. The van der Waals surface area contributed by atoms with Crippen molar-refractivity contribution < 1.29 is 18.0 Å². The van der Waals surface area contributed by atoms with E-state index in [-0.39, 0.29) is 29.8 Å². The summed E-state index contributed by atoms with van der Waals surface area (Å²) in [6.45, 7) is 8.88. The van der Waals surface area contributed by atoms with Crippen molar-refractivity contribution in [3.63, 3.8) is 0 Å². The van der Waals surface area contributed by atoms with Crippen molar-refractivity contribution in [3.8, 4) is 0 Å². The molecule has 28 heavy (non-hydrogen) atoms. The molecule has 2 saturated heterocycles. The number of likely N-dealkylation sites (tertiary alicyclic amines) is 1. The number of nitrogens with zero attached hydrogens (tertiary/aromatic N) is 3. The number of piperazine rings is 1. The van der Waals surface area contributed by atoms with Gasteiger partial charge >= 0.3 is 0 Å². The Bertz CT molecular complexity index is 873. The fourth-order valence-corrected chi connectivity index (χ4v) is 5.40. The zero-order valence-electron chi connectivity index (χ0n) is 16.4. The lowest BCUT2D eigenvalue weighted by Gasteiger charge is -2.41. The van der Waals surface area contributed by atoms with Gasteiger partial charge in [-0.15, -0.1) is 0 Å². The molecule has 2 aliphatic rings. The lowest BCUT2D eigenvalue weighted by molar-refractivity contribution is -0.149. The molecule has 0 N–H and O–H groups in total. The topological polar surface area (TPSA) is 78.0 Å². The lowest BCUT2D eigenvalue weighted by Crippen LogP contribution is -2.60. The van der Waals surface area contributed by atoms with Crippen molar-refractivity contribution in [2.75, 3.05) is 32.7 Å². The number of hydrogen-bond acceptors (Lipinski definition) is 4. The highest BCUT2D eigenvalue weighted by Crippen LogP contribution is 2.32. The minimum Gasteiger partial charge on any atom is -0.338 e. The Morgan fingerprint density at radius 1 is 1.07 bits per heavy atom. The van der Waals surface area contributed by atoms with Gasteiger partial charge in [0.25, 0.3) is 0 Å². The molecule has 2 fully saturated rings. The van der Waals surface area contributed by atoms with Crippen LogP contribution in [0.25, 0.3) is 0 Å². The quantitative estimate of drug-likeness (QED) is 0.710. The molecule has 7 nitrogen and oxygen atoms in total. The molecule has 3 rings (SSSR count). The third kappa shape index (κ3) is 3.58. The Morgan fingerprint density at radius 3 is 2.25 bits per heavy atom. The maximum absolute atomic E-state index is 13.1. The second-order valence-corrected chi connectivity index (χ2v) is 9.52. The van der Waals surface area contributed by atoms with E-state index in [1.807, 2.05) is 6.92 Å². The van der Waals surface area contributed by atoms with Crippen LogP contribution in [0, 0.1) is 6.92 Å². The minimum atomic E-state index is -3.57. The number of carbonyl (C=O) groups excluding carboxylic acids is 2. The van der Waals surface area contributed by atoms with E-state index in [1.165, 1.54) is 10.4 Å². The van der Waals surface area contributed by atoms with Gasteiger partial charge in [0, 0.05) is 32.7 Å². The van der Waals surface area contributed by atoms with Crippen LogP contribution in [0.15, 0.2) is 41.8 Å². The van der Waals surface area contributed by atoms with Crippen molar-refractivity contribution in [3.05, 3.63) is 42.5 Å². The van der Waals surface area contributed by atoms with Gasteiger partial charge in [-0.3, -0.25) is 9.59 Å². The average molecular weight is 406 g/mol. The largest absolute Gasteiger partial charge is 0.338 e. The molecule has 0 bridgehead atoms. The van der Waals surface area contributed by atoms with Crippen LogP contribution in [-0.4, -0.2) is 72.6 Å². The van der Waals surface area contributed by atoms with Crippen molar-refractivity contribution in [2.45, 2.75) is 37.1 Å². The number of sulfonamides is 1. The Hall–Kier alpha value is -2.19. The Balaban J connectivity index is 1.69. The van der Waals surface area contributed by atoms with Gasteiger partial charge in [-0.2, -0.15) is 4.31 Å². The van der Waals surface area contributed by atoms with Crippen LogP contribution in [0.1, 0.15) is 25.3 Å². The monoisotopic (exact) mass is 405 g/mol. The van der Waals surface area contributed by atoms with E-state index in [0.717, 1.165) is 12.0 Å². The van der Waals surface area contributed by atoms with Crippen LogP contribution >= 0.6 is 0 Å². The first-order valence-electron chi connectivity index (χ1n) is 9.50. The zero-order valence-corrected chi connectivity index (χ0v) is 17.2. The number of hydrogen-bond donors (Lipinski definition) is 0. The summed E-state index contributed by atoms with van der Waals surface area (Å²) >= 11 is 0. The van der Waals surface area contributed by atoms with Gasteiger partial charge in [-0.25, -0.2) is 8.42 Å². The molecule has 0 aromatic heterocycles. The van der Waals surface area contributed by atoms with Crippen LogP contribution in [-0.2, 0) is 19.6 Å². The predicted molar refractivity (Wildman–Crippen MR) is 106 cm³/mol. The molecule has 2 aliphatic heterocycles. The first-order valence-corrected chi connectivity index (χ1v) is 10.9. The molecule has 0 unspecified atom stereocenters. The molecule has 2 heterocycles. The summed E-state index contributed by atoms with van der Waals surface area (Å²) in [6, 6.07) is 6.78. The summed E-state index contributed by atoms with van der Waals surface area (Å²) in [5.74, 6) is -0.360. The number of rotatable bonds is 4. The fourth-order valence-electron chi connectivity index (χ4n) is 3.98. The van der Waals surface area contributed by atoms with E-state index in [2.05, 4.69) is 6.58 Å². The van der Waals surface area contributed by atoms with Gasteiger partial charge in [-0.05, 0) is 44.9 Å². The van der Waals surface area contributed by atoms with Crippen LogP contribution in [0.4, 0.5) is 0 Å². The number of carbonyl (C=O) groups is 2. The molecule has 2 amide bonds. The second-order valence-electron chi connectivity index (χ2n) is 7.58. The maximum Gasteiger partial charge on any atom is 0.248 e. The van der Waals surface area contributed by atoms with E-state index < -0.39 is 15.6 Å². The minimum absolute atomic E-state index is 0.118. The Morgan fingerprint density at radius 2 is 1.68 bits per heavy atom. The number of benzene rings is 1. The SMILES string of the molecule is C=CC(=O)N1CCC[C@]1(C)C(=O)N1CCN(S(=O)(=O)c2ccc(C)cc2)CC1. The summed E-state index contributed by atoms with van der Waals surface area (Å²) < 4.78 is 27.1. The molecule has 1 aromatic rings. The molecular weight excluding hydrogens is 378 g/mol. The van der Waals surface area contributed by atoms with Gasteiger partial charge < -0.3 is 9.80 Å². The molecule has 1 atom stereocenters. The molecule has 0 radical (unpaired) electrons. The van der Waals surface area contributed by atoms with Crippen LogP contribution in [0.3, 0.4) is 0 Å². The van der Waals surface area contributed by atoms with Gasteiger partial charge in [0.05, 0.1) is 4.90 Å². The maximum atomic E-state index is 13.1. The summed E-state index contributed by atoms with van der Waals surface area (Å²) in [7, 11) is -3.57. The Kier molecular flexibility index (Phi) is 5.63. The fraction of sp³-hybridized carbons (Fsp3) is 0.500. The molecule has 1 aromatic carbocycles. The molecule has 152 valence electrons. The highest BCUT2D eigenvalue weighted by Gasteiger charge is 2.47. The normalized spacial score (nSPS) is 23.6. The smallest absolute Gasteiger partial charge is 0.248 e. The van der Waals surface area contributed by atoms with Crippen LogP contribution in [0.5, 0.6) is 0 Å². The Labute approximate surface area is 166 Å². The van der Waals surface area contributed by atoms with E-state index in [9.17, 15) is 18.0 Å². The van der Waals surface area contributed by atoms with E-state index in [4.69, 9.17) is 0 Å². The van der Waals surface area contributed by atoms with Crippen LogP contribution < -0.4 is 0 Å². The summed E-state index contributed by atoms with van der Waals surface area (Å²) in [5.41, 5.74) is 0.112. The van der Waals surface area contributed by atoms with Crippen molar-refractivity contribution >= 4 is 21.8 Å². The van der Waals surface area contributed by atoms with Crippen molar-refractivity contribution in [1.82, 2.24) is 14.1 Å². The summed E-state index contributed by atoms with van der Waals surface area (Å²) in [6.07, 6.45) is 2.61. The van der Waals surface area contributed by atoms with Gasteiger partial charge in [-0.1, -0.05) is 24.3 Å². The molecule has 8 heteroatoms. The predicted octanol–water partition coefficient (Wildman–Crippen LogP) is 1.40. The third-order valence-electron chi connectivity index (χ3n) is 5.73. The summed E-state index contributed by atoms with van der Waals surface area (Å²) in [5, 5.41) is 0. The van der Waals surface area contributed by atoms with Crippen molar-refractivity contribution in [1.29, 1.82) is 0 Å². The molecule has 0 spiro atoms. The van der Waals surface area contributed by atoms with Crippen LogP contribution in [0.2, 0.25) is 0 Å². The van der Waals surface area contributed by atoms with Crippen molar-refractivity contribution in [2.24, 2.45) is 0 Å². The molecule has 0 saturated carbocycles. The van der Waals surface area contributed by atoms with E-state index >= 15 is 0 Å². The number of amides is 2. The highest BCUT2D eigenvalue weighted by molar-refractivity contribution is 7.89. The van der Waals surface area contributed by atoms with Gasteiger partial charge in [0.2, 0.25) is 21.8 Å². The molecular formula is C20H27N3O4S. The number of aryl methyl sites for hydroxylation is 1. The van der Waals surface area contributed by atoms with Gasteiger partial charge in [0.15, 0.2) is 0 Å². The first-order chi connectivity index (χ1) is 13.2. The first kappa shape index (κ1) is 20.5. The highest BCUT2D eigenvalue weighted by atomic mass is 32.2. The standard InChI is InChI=1S/C20H27N3O4S/c1-4-18(24)23-11-5-10-20(23,3)19(25)21-12-14-22(15-13-21)28(26,27)17-8-6-16(2)7-9-17/h4,6-9H,1,5,10-15H2,2-3H3/t20-/m1/s1. The zero-order chi connectivity index (χ0) is 20.5. The molecule has 0 aliphatic carbocycles. The summed E-state index contributed by atoms with van der Waals surface area (Å²) in [4.78, 5) is 28.8. The third-order valence-corrected chi connectivity index (χ3v) is 7.64. The van der Waals surface area contributed by atoms with E-state index in [0.29, 0.717) is 26.1 Å². The second kappa shape index (κ2) is 7.67. The lowest BCUT2D eigenvalue weighted by atomic mass is 9.96. The van der Waals surface area contributed by atoms with Gasteiger partial charge in [0.1, 0.15) is 5.54 Å². The van der Waals surface area contributed by atoms with E-state index in [1.54, 1.807) is 41.0 Å².